The van der Waals surface area contributed by atoms with Crippen LogP contribution in [0.1, 0.15) is 26.3 Å². The minimum absolute atomic E-state index is 0.117. The molecular formula is C13H19FN2O. The van der Waals surface area contributed by atoms with Gasteiger partial charge in [0.05, 0.1) is 6.54 Å². The van der Waals surface area contributed by atoms with E-state index >= 15 is 0 Å². The average Bonchev–Trinajstić information content (AvgIpc) is 2.21. The molecule has 0 aliphatic heterocycles. The van der Waals surface area contributed by atoms with E-state index in [4.69, 9.17) is 0 Å². The standard InChI is InChI=1S/C13H19FN2O/c1-9-10(14)6-5-7-11(9)16-12(17)8-15-13(2,3)4/h5-7,15H,8H2,1-4H3,(H,16,17). The first kappa shape index (κ1) is 13.6. The Hall–Kier alpha value is -1.42. The minimum atomic E-state index is -0.313. The van der Waals surface area contributed by atoms with Crippen LogP contribution in [-0.4, -0.2) is 18.0 Å². The van der Waals surface area contributed by atoms with E-state index in [1.54, 1.807) is 19.1 Å². The maximum atomic E-state index is 13.2. The van der Waals surface area contributed by atoms with Crippen molar-refractivity contribution in [1.82, 2.24) is 5.32 Å². The van der Waals surface area contributed by atoms with Gasteiger partial charge in [-0.3, -0.25) is 4.79 Å². The lowest BCUT2D eigenvalue weighted by molar-refractivity contribution is -0.115. The fourth-order valence-electron chi connectivity index (χ4n) is 1.28. The highest BCUT2D eigenvalue weighted by molar-refractivity contribution is 5.93. The van der Waals surface area contributed by atoms with Crippen molar-refractivity contribution in [3.63, 3.8) is 0 Å². The molecule has 1 amide bonds. The quantitative estimate of drug-likeness (QED) is 0.849. The second-order valence-corrected chi connectivity index (χ2v) is 5.06. The van der Waals surface area contributed by atoms with E-state index < -0.39 is 0 Å². The Morgan fingerprint density at radius 1 is 1.35 bits per heavy atom. The third-order valence-electron chi connectivity index (χ3n) is 2.32. The first-order chi connectivity index (χ1) is 7.79. The zero-order chi connectivity index (χ0) is 13.1. The number of hydrogen-bond donors (Lipinski definition) is 2. The summed E-state index contributed by atoms with van der Waals surface area (Å²) in [5, 5.41) is 5.75. The largest absolute Gasteiger partial charge is 0.325 e. The molecule has 0 aliphatic carbocycles. The maximum Gasteiger partial charge on any atom is 0.238 e. The third kappa shape index (κ3) is 4.53. The molecule has 1 rings (SSSR count). The molecule has 0 aliphatic rings. The van der Waals surface area contributed by atoms with E-state index in [2.05, 4.69) is 10.6 Å². The Kier molecular flexibility index (Phi) is 4.23. The van der Waals surface area contributed by atoms with Crippen molar-refractivity contribution < 1.29 is 9.18 Å². The predicted molar refractivity (Wildman–Crippen MR) is 67.5 cm³/mol. The Labute approximate surface area is 101 Å². The van der Waals surface area contributed by atoms with Gasteiger partial charge < -0.3 is 10.6 Å². The fraction of sp³-hybridized carbons (Fsp3) is 0.462. The smallest absolute Gasteiger partial charge is 0.238 e. The summed E-state index contributed by atoms with van der Waals surface area (Å²) in [6.45, 7) is 7.79. The van der Waals surface area contributed by atoms with Crippen molar-refractivity contribution in [3.8, 4) is 0 Å². The van der Waals surface area contributed by atoms with Crippen molar-refractivity contribution in [3.05, 3.63) is 29.6 Å². The van der Waals surface area contributed by atoms with Crippen LogP contribution in [0.3, 0.4) is 0 Å². The number of carbonyl (C=O) groups excluding carboxylic acids is 1. The van der Waals surface area contributed by atoms with Gasteiger partial charge in [0.1, 0.15) is 5.82 Å². The van der Waals surface area contributed by atoms with E-state index in [1.807, 2.05) is 20.8 Å². The van der Waals surface area contributed by atoms with Gasteiger partial charge in [-0.2, -0.15) is 0 Å². The van der Waals surface area contributed by atoms with Crippen LogP contribution in [0.15, 0.2) is 18.2 Å². The van der Waals surface area contributed by atoms with Gasteiger partial charge in [0.2, 0.25) is 5.91 Å². The normalized spacial score (nSPS) is 11.4. The molecule has 0 bridgehead atoms. The first-order valence-electron chi connectivity index (χ1n) is 5.59. The Balaban J connectivity index is 2.60. The van der Waals surface area contributed by atoms with Gasteiger partial charge in [-0.05, 0) is 39.8 Å². The van der Waals surface area contributed by atoms with Crippen molar-refractivity contribution in [2.24, 2.45) is 0 Å². The predicted octanol–water partition coefficient (Wildman–Crippen LogP) is 2.46. The molecule has 0 unspecified atom stereocenters. The van der Waals surface area contributed by atoms with Crippen LogP contribution in [0.4, 0.5) is 10.1 Å². The van der Waals surface area contributed by atoms with Crippen LogP contribution < -0.4 is 10.6 Å². The van der Waals surface area contributed by atoms with Crippen molar-refractivity contribution in [1.29, 1.82) is 0 Å². The van der Waals surface area contributed by atoms with Crippen LogP contribution in [0.25, 0.3) is 0 Å². The average molecular weight is 238 g/mol. The van der Waals surface area contributed by atoms with Gasteiger partial charge in [-0.1, -0.05) is 6.07 Å². The summed E-state index contributed by atoms with van der Waals surface area (Å²) in [6.07, 6.45) is 0. The van der Waals surface area contributed by atoms with Crippen LogP contribution in [-0.2, 0) is 4.79 Å². The lowest BCUT2D eigenvalue weighted by Crippen LogP contribution is -2.41. The molecule has 0 heterocycles. The van der Waals surface area contributed by atoms with Crippen LogP contribution >= 0.6 is 0 Å². The number of rotatable bonds is 3. The molecule has 1 aromatic carbocycles. The number of benzene rings is 1. The molecule has 3 nitrogen and oxygen atoms in total. The number of halogens is 1. The molecule has 0 aromatic heterocycles. The molecule has 1 aromatic rings. The van der Waals surface area contributed by atoms with Crippen LogP contribution in [0.2, 0.25) is 0 Å². The number of carbonyl (C=O) groups is 1. The molecule has 0 radical (unpaired) electrons. The molecule has 94 valence electrons. The molecular weight excluding hydrogens is 219 g/mol. The monoisotopic (exact) mass is 238 g/mol. The van der Waals surface area contributed by atoms with Gasteiger partial charge in [0.15, 0.2) is 0 Å². The molecule has 17 heavy (non-hydrogen) atoms. The summed E-state index contributed by atoms with van der Waals surface area (Å²) < 4.78 is 13.2. The highest BCUT2D eigenvalue weighted by atomic mass is 19.1. The second-order valence-electron chi connectivity index (χ2n) is 5.06. The minimum Gasteiger partial charge on any atom is -0.325 e. The summed E-state index contributed by atoms with van der Waals surface area (Å²) >= 11 is 0. The Morgan fingerprint density at radius 2 is 2.00 bits per heavy atom. The zero-order valence-electron chi connectivity index (χ0n) is 10.7. The van der Waals surface area contributed by atoms with Crippen molar-refractivity contribution in [2.75, 3.05) is 11.9 Å². The van der Waals surface area contributed by atoms with E-state index in [0.29, 0.717) is 11.3 Å². The van der Waals surface area contributed by atoms with Gasteiger partial charge in [-0.15, -0.1) is 0 Å². The van der Waals surface area contributed by atoms with Gasteiger partial charge in [-0.25, -0.2) is 4.39 Å². The third-order valence-corrected chi connectivity index (χ3v) is 2.32. The fourth-order valence-corrected chi connectivity index (χ4v) is 1.28. The SMILES string of the molecule is Cc1c(F)cccc1NC(=O)CNC(C)(C)C. The molecule has 0 spiro atoms. The lowest BCUT2D eigenvalue weighted by Gasteiger charge is -2.20. The summed E-state index contributed by atoms with van der Waals surface area (Å²) in [4.78, 5) is 11.6. The van der Waals surface area contributed by atoms with Crippen LogP contribution in [0, 0.1) is 12.7 Å². The molecule has 0 fully saturated rings. The summed E-state index contributed by atoms with van der Waals surface area (Å²) in [7, 11) is 0. The summed E-state index contributed by atoms with van der Waals surface area (Å²) in [5.41, 5.74) is 0.858. The van der Waals surface area contributed by atoms with E-state index in [1.165, 1.54) is 6.07 Å². The number of nitrogens with one attached hydrogen (secondary N) is 2. The molecule has 0 saturated heterocycles. The first-order valence-corrected chi connectivity index (χ1v) is 5.59. The topological polar surface area (TPSA) is 41.1 Å². The number of anilines is 1. The Bertz CT molecular complexity index is 410. The van der Waals surface area contributed by atoms with E-state index in [9.17, 15) is 9.18 Å². The summed E-state index contributed by atoms with van der Waals surface area (Å²) in [5.74, 6) is -0.486. The van der Waals surface area contributed by atoms with Gasteiger partial charge in [0, 0.05) is 16.8 Å². The highest BCUT2D eigenvalue weighted by Crippen LogP contribution is 2.17. The Morgan fingerprint density at radius 3 is 2.59 bits per heavy atom. The van der Waals surface area contributed by atoms with Crippen LogP contribution in [0.5, 0.6) is 0 Å². The maximum absolute atomic E-state index is 13.2. The van der Waals surface area contributed by atoms with Gasteiger partial charge >= 0.3 is 0 Å². The summed E-state index contributed by atoms with van der Waals surface area (Å²) in [6, 6.07) is 4.64. The highest BCUT2D eigenvalue weighted by Gasteiger charge is 2.12. The second kappa shape index (κ2) is 5.27. The van der Waals surface area contributed by atoms with E-state index in [0.717, 1.165) is 0 Å². The molecule has 4 heteroatoms. The van der Waals surface area contributed by atoms with Crippen molar-refractivity contribution >= 4 is 11.6 Å². The van der Waals surface area contributed by atoms with Crippen molar-refractivity contribution in [2.45, 2.75) is 33.2 Å². The molecule has 0 atom stereocenters. The van der Waals surface area contributed by atoms with E-state index in [-0.39, 0.29) is 23.8 Å². The molecule has 0 saturated carbocycles. The lowest BCUT2D eigenvalue weighted by atomic mass is 10.1. The zero-order valence-corrected chi connectivity index (χ0v) is 10.7. The number of amides is 1. The molecule has 2 N–H and O–H groups in total. The number of hydrogen-bond acceptors (Lipinski definition) is 2. The van der Waals surface area contributed by atoms with Gasteiger partial charge in [0.25, 0.3) is 0 Å².